The van der Waals surface area contributed by atoms with Gasteiger partial charge >= 0.3 is 0 Å². The van der Waals surface area contributed by atoms with Crippen molar-refractivity contribution in [2.75, 3.05) is 0 Å². The smallest absolute Gasteiger partial charge is 0.126 e. The molecule has 0 bridgehead atoms. The number of aryl methyl sites for hydroxylation is 2. The summed E-state index contributed by atoms with van der Waals surface area (Å²) in [4.78, 5) is 0. The highest BCUT2D eigenvalue weighted by atomic mass is 79.9. The van der Waals surface area contributed by atoms with Gasteiger partial charge < -0.3 is 0 Å². The lowest BCUT2D eigenvalue weighted by Gasteiger charge is -2.06. The minimum atomic E-state index is 1.09. The van der Waals surface area contributed by atoms with Crippen LogP contribution < -0.4 is 4.68 Å². The van der Waals surface area contributed by atoms with Crippen molar-refractivity contribution in [2.24, 2.45) is 0 Å². The van der Waals surface area contributed by atoms with E-state index in [0.717, 1.165) is 11.0 Å². The van der Waals surface area contributed by atoms with Gasteiger partial charge in [-0.3, -0.25) is 0 Å². The molecule has 2 aromatic rings. The fraction of sp³-hybridized carbons (Fsp3) is 0.500. The molecule has 1 aromatic carbocycles. The Balaban J connectivity index is 1.96. The van der Waals surface area contributed by atoms with Crippen LogP contribution in [0.1, 0.15) is 51.1 Å². The molecule has 0 unspecified atom stereocenters. The van der Waals surface area contributed by atoms with Gasteiger partial charge in [-0.2, -0.15) is 0 Å². The lowest BCUT2D eigenvalue weighted by molar-refractivity contribution is -0.767. The van der Waals surface area contributed by atoms with E-state index in [9.17, 15) is 0 Å². The van der Waals surface area contributed by atoms with Gasteiger partial charge in [-0.15, -0.1) is 9.36 Å². The summed E-state index contributed by atoms with van der Waals surface area (Å²) < 4.78 is 5.76. The second-order valence-electron chi connectivity index (χ2n) is 5.68. The van der Waals surface area contributed by atoms with Crippen molar-refractivity contribution in [1.82, 2.24) is 4.68 Å². The van der Waals surface area contributed by atoms with Gasteiger partial charge in [0.1, 0.15) is 5.69 Å². The minimum Gasteiger partial charge on any atom is -0.126 e. The third kappa shape index (κ3) is 4.70. The van der Waals surface area contributed by atoms with Crippen LogP contribution >= 0.6 is 15.9 Å². The summed E-state index contributed by atoms with van der Waals surface area (Å²) in [6, 6.07) is 10.7. The molecule has 1 heterocycles. The Hall–Kier alpha value is -1.09. The zero-order valence-corrected chi connectivity index (χ0v) is 14.8. The largest absolute Gasteiger partial charge is 0.196 e. The summed E-state index contributed by atoms with van der Waals surface area (Å²) in [6.45, 7) is 5.53. The number of rotatable bonds is 8. The highest BCUT2D eigenvalue weighted by molar-refractivity contribution is 9.10. The van der Waals surface area contributed by atoms with Crippen LogP contribution in [-0.2, 0) is 6.54 Å². The Morgan fingerprint density at radius 3 is 2.33 bits per heavy atom. The van der Waals surface area contributed by atoms with Crippen LogP contribution in [0, 0.1) is 6.92 Å². The third-order valence-electron chi connectivity index (χ3n) is 3.89. The number of unbranched alkanes of at least 4 members (excludes halogenated alkanes) is 5. The van der Waals surface area contributed by atoms with Crippen LogP contribution in [0.5, 0.6) is 0 Å². The maximum absolute atomic E-state index is 3.50. The Labute approximate surface area is 136 Å². The molecule has 0 spiro atoms. The number of nitrogens with zero attached hydrogens (tertiary/aromatic N) is 2. The summed E-state index contributed by atoms with van der Waals surface area (Å²) >= 11 is 3.50. The van der Waals surface area contributed by atoms with Crippen molar-refractivity contribution >= 4 is 15.9 Å². The number of hydrogen-bond acceptors (Lipinski definition) is 0. The molecule has 1 aromatic heterocycles. The van der Waals surface area contributed by atoms with Gasteiger partial charge in [0.2, 0.25) is 0 Å². The molecular weight excluding hydrogens is 324 g/mol. The van der Waals surface area contributed by atoms with Crippen molar-refractivity contribution in [3.05, 3.63) is 46.7 Å². The normalized spacial score (nSPS) is 11.0. The molecule has 114 valence electrons. The van der Waals surface area contributed by atoms with Gasteiger partial charge in [0.25, 0.3) is 0 Å². The molecule has 0 aliphatic heterocycles. The molecule has 0 amide bonds. The molecule has 0 saturated heterocycles. The molecule has 21 heavy (non-hydrogen) atoms. The van der Waals surface area contributed by atoms with Crippen LogP contribution in [0.4, 0.5) is 0 Å². The Kier molecular flexibility index (Phi) is 6.50. The molecular formula is C18H26BrN2+. The molecule has 0 atom stereocenters. The van der Waals surface area contributed by atoms with E-state index < -0.39 is 0 Å². The van der Waals surface area contributed by atoms with E-state index in [1.807, 2.05) is 0 Å². The summed E-state index contributed by atoms with van der Waals surface area (Å²) in [5.74, 6) is 0. The van der Waals surface area contributed by atoms with Gasteiger partial charge in [0.05, 0.1) is 5.69 Å². The van der Waals surface area contributed by atoms with E-state index in [0.29, 0.717) is 0 Å². The first-order chi connectivity index (χ1) is 10.2. The first kappa shape index (κ1) is 16.3. The maximum Gasteiger partial charge on any atom is 0.196 e. The van der Waals surface area contributed by atoms with Crippen LogP contribution in [0.25, 0.3) is 5.69 Å². The number of halogens is 1. The minimum absolute atomic E-state index is 1.09. The van der Waals surface area contributed by atoms with Crippen LogP contribution in [0.2, 0.25) is 0 Å². The Morgan fingerprint density at radius 2 is 1.62 bits per heavy atom. The quantitative estimate of drug-likeness (QED) is 0.457. The number of aromatic nitrogens is 2. The fourth-order valence-electron chi connectivity index (χ4n) is 2.70. The average Bonchev–Trinajstić information content (AvgIpc) is 2.85. The molecule has 0 N–H and O–H groups in total. The van der Waals surface area contributed by atoms with Crippen molar-refractivity contribution in [2.45, 2.75) is 58.9 Å². The van der Waals surface area contributed by atoms with Crippen molar-refractivity contribution in [3.63, 3.8) is 0 Å². The summed E-state index contributed by atoms with van der Waals surface area (Å²) in [6.07, 6.45) is 10.2. The zero-order chi connectivity index (χ0) is 15.1. The van der Waals surface area contributed by atoms with E-state index in [1.165, 1.54) is 49.9 Å². The molecule has 0 radical (unpaired) electrons. The third-order valence-corrected chi connectivity index (χ3v) is 4.42. The SMILES string of the molecule is CCCCCCCC[n+]1ccc(C)n1-c1ccc(Br)cc1. The molecule has 0 saturated carbocycles. The lowest BCUT2D eigenvalue weighted by atomic mass is 10.1. The fourth-order valence-corrected chi connectivity index (χ4v) is 2.96. The van der Waals surface area contributed by atoms with Crippen molar-refractivity contribution < 1.29 is 4.68 Å². The zero-order valence-electron chi connectivity index (χ0n) is 13.2. The van der Waals surface area contributed by atoms with Gasteiger partial charge in [-0.05, 0) is 37.6 Å². The Morgan fingerprint density at radius 1 is 0.952 bits per heavy atom. The van der Waals surface area contributed by atoms with Crippen LogP contribution in [0.3, 0.4) is 0 Å². The molecule has 3 heteroatoms. The lowest BCUT2D eigenvalue weighted by Crippen LogP contribution is -2.42. The first-order valence-corrected chi connectivity index (χ1v) is 8.85. The number of benzene rings is 1. The van der Waals surface area contributed by atoms with E-state index in [-0.39, 0.29) is 0 Å². The van der Waals surface area contributed by atoms with E-state index in [2.05, 4.69) is 75.7 Å². The van der Waals surface area contributed by atoms with Crippen molar-refractivity contribution in [1.29, 1.82) is 0 Å². The van der Waals surface area contributed by atoms with Gasteiger partial charge in [-0.1, -0.05) is 48.5 Å². The monoisotopic (exact) mass is 349 g/mol. The molecule has 2 nitrogen and oxygen atoms in total. The predicted molar refractivity (Wildman–Crippen MR) is 91.8 cm³/mol. The highest BCUT2D eigenvalue weighted by Gasteiger charge is 2.13. The second-order valence-corrected chi connectivity index (χ2v) is 6.59. The first-order valence-electron chi connectivity index (χ1n) is 8.06. The van der Waals surface area contributed by atoms with Gasteiger partial charge in [0, 0.05) is 17.0 Å². The molecule has 2 rings (SSSR count). The van der Waals surface area contributed by atoms with Crippen LogP contribution in [0.15, 0.2) is 41.0 Å². The Bertz CT molecular complexity index is 543. The molecule has 0 aliphatic carbocycles. The van der Waals surface area contributed by atoms with E-state index in [4.69, 9.17) is 0 Å². The van der Waals surface area contributed by atoms with E-state index in [1.54, 1.807) is 0 Å². The number of hydrogen-bond donors (Lipinski definition) is 0. The van der Waals surface area contributed by atoms with Gasteiger partial charge in [-0.25, -0.2) is 0 Å². The predicted octanol–water partition coefficient (Wildman–Crippen LogP) is 5.20. The maximum atomic E-state index is 3.50. The van der Waals surface area contributed by atoms with Crippen LogP contribution in [-0.4, -0.2) is 4.68 Å². The topological polar surface area (TPSA) is 8.81 Å². The summed E-state index contributed by atoms with van der Waals surface area (Å²) in [5.41, 5.74) is 2.51. The van der Waals surface area contributed by atoms with Gasteiger partial charge in [0.15, 0.2) is 12.7 Å². The van der Waals surface area contributed by atoms with Crippen molar-refractivity contribution in [3.8, 4) is 5.69 Å². The summed E-state index contributed by atoms with van der Waals surface area (Å²) in [5, 5.41) is 0. The molecule has 0 fully saturated rings. The average molecular weight is 350 g/mol. The summed E-state index contributed by atoms with van der Waals surface area (Å²) in [7, 11) is 0. The van der Waals surface area contributed by atoms with E-state index >= 15 is 0 Å². The molecule has 0 aliphatic rings. The standard InChI is InChI=1S/C18H26BrN2/c1-3-4-5-6-7-8-14-20-15-13-16(2)21(20)18-11-9-17(19)10-12-18/h9-13,15H,3-8,14H2,1-2H3/q+1. The second kappa shape index (κ2) is 8.38. The highest BCUT2D eigenvalue weighted by Crippen LogP contribution is 2.14.